The summed E-state index contributed by atoms with van der Waals surface area (Å²) in [6.45, 7) is 1.93. The molecule has 0 amide bonds. The Bertz CT molecular complexity index is 335. The van der Waals surface area contributed by atoms with Crippen LogP contribution in [0.5, 0.6) is 5.75 Å². The SMILES string of the molecule is COc1cccc2c1[C@@H](N(C)C)CNC2. The fraction of sp³-hybridized carbons (Fsp3) is 0.500. The first-order chi connectivity index (χ1) is 7.24. The molecular formula is C12H18N2O. The summed E-state index contributed by atoms with van der Waals surface area (Å²) in [5.74, 6) is 1.01. The number of nitrogens with zero attached hydrogens (tertiary/aromatic N) is 1. The van der Waals surface area contributed by atoms with Gasteiger partial charge in [-0.05, 0) is 25.7 Å². The molecule has 82 valence electrons. The van der Waals surface area contributed by atoms with Gasteiger partial charge in [-0.2, -0.15) is 0 Å². The van der Waals surface area contributed by atoms with Crippen LogP contribution in [0.15, 0.2) is 18.2 Å². The van der Waals surface area contributed by atoms with Crippen molar-refractivity contribution >= 4 is 0 Å². The van der Waals surface area contributed by atoms with Gasteiger partial charge in [-0.1, -0.05) is 12.1 Å². The number of rotatable bonds is 2. The lowest BCUT2D eigenvalue weighted by Gasteiger charge is -2.32. The van der Waals surface area contributed by atoms with Crippen LogP contribution < -0.4 is 10.1 Å². The third-order valence-corrected chi connectivity index (χ3v) is 2.99. The lowest BCUT2D eigenvalue weighted by molar-refractivity contribution is 0.266. The Morgan fingerprint density at radius 2 is 2.20 bits per heavy atom. The lowest BCUT2D eigenvalue weighted by atomic mass is 9.95. The molecule has 1 N–H and O–H groups in total. The Labute approximate surface area is 91.0 Å². The third kappa shape index (κ3) is 1.85. The molecule has 1 aliphatic heterocycles. The van der Waals surface area contributed by atoms with E-state index >= 15 is 0 Å². The predicted molar refractivity (Wildman–Crippen MR) is 61.1 cm³/mol. The van der Waals surface area contributed by atoms with Crippen LogP contribution in [0, 0.1) is 0 Å². The number of hydrogen-bond donors (Lipinski definition) is 1. The second-order valence-corrected chi connectivity index (χ2v) is 4.14. The van der Waals surface area contributed by atoms with E-state index in [0.717, 1.165) is 18.8 Å². The van der Waals surface area contributed by atoms with Crippen molar-refractivity contribution in [2.24, 2.45) is 0 Å². The van der Waals surface area contributed by atoms with Gasteiger partial charge in [-0.15, -0.1) is 0 Å². The number of methoxy groups -OCH3 is 1. The number of fused-ring (bicyclic) bond motifs is 1. The van der Waals surface area contributed by atoms with E-state index in [1.807, 2.05) is 6.07 Å². The summed E-state index contributed by atoms with van der Waals surface area (Å²) in [6.07, 6.45) is 0. The molecule has 3 heteroatoms. The van der Waals surface area contributed by atoms with Crippen LogP contribution in [0.25, 0.3) is 0 Å². The highest BCUT2D eigenvalue weighted by Gasteiger charge is 2.24. The topological polar surface area (TPSA) is 24.5 Å². The average Bonchev–Trinajstić information content (AvgIpc) is 2.27. The molecule has 15 heavy (non-hydrogen) atoms. The highest BCUT2D eigenvalue weighted by atomic mass is 16.5. The predicted octanol–water partition coefficient (Wildman–Crippen LogP) is 1.40. The van der Waals surface area contributed by atoms with E-state index in [-0.39, 0.29) is 0 Å². The third-order valence-electron chi connectivity index (χ3n) is 2.99. The van der Waals surface area contributed by atoms with Gasteiger partial charge in [0.15, 0.2) is 0 Å². The zero-order chi connectivity index (χ0) is 10.8. The number of ether oxygens (including phenoxy) is 1. The van der Waals surface area contributed by atoms with E-state index in [4.69, 9.17) is 4.74 Å². The highest BCUT2D eigenvalue weighted by molar-refractivity contribution is 5.44. The van der Waals surface area contributed by atoms with Crippen LogP contribution in [0.4, 0.5) is 0 Å². The maximum atomic E-state index is 5.44. The zero-order valence-corrected chi connectivity index (χ0v) is 9.58. The van der Waals surface area contributed by atoms with Crippen molar-refractivity contribution in [3.05, 3.63) is 29.3 Å². The molecule has 0 fully saturated rings. The first kappa shape index (κ1) is 10.5. The molecule has 2 rings (SSSR count). The van der Waals surface area contributed by atoms with Crippen LogP contribution >= 0.6 is 0 Å². The van der Waals surface area contributed by atoms with Gasteiger partial charge in [0, 0.05) is 18.7 Å². The number of hydrogen-bond acceptors (Lipinski definition) is 3. The molecule has 1 aromatic rings. The minimum absolute atomic E-state index is 0.407. The van der Waals surface area contributed by atoms with Gasteiger partial charge in [0.05, 0.1) is 13.2 Å². The molecule has 1 atom stereocenters. The minimum atomic E-state index is 0.407. The van der Waals surface area contributed by atoms with E-state index in [9.17, 15) is 0 Å². The number of benzene rings is 1. The molecule has 0 spiro atoms. The summed E-state index contributed by atoms with van der Waals surface area (Å²) in [6, 6.07) is 6.67. The standard InChI is InChI=1S/C12H18N2O/c1-14(2)10-8-13-7-9-5-4-6-11(15-3)12(9)10/h4-6,10,13H,7-8H2,1-3H3/t10-/m0/s1. The number of likely N-dealkylation sites (N-methyl/N-ethyl adjacent to an activating group) is 1. The Morgan fingerprint density at radius 3 is 2.87 bits per heavy atom. The Balaban J connectivity index is 2.47. The summed E-state index contributed by atoms with van der Waals surface area (Å²) in [5, 5.41) is 3.43. The Kier molecular flexibility index (Phi) is 2.93. The largest absolute Gasteiger partial charge is 0.496 e. The summed E-state index contributed by atoms with van der Waals surface area (Å²) < 4.78 is 5.44. The van der Waals surface area contributed by atoms with Gasteiger partial charge in [-0.3, -0.25) is 0 Å². The van der Waals surface area contributed by atoms with Gasteiger partial charge < -0.3 is 15.0 Å². The van der Waals surface area contributed by atoms with Crippen molar-refractivity contribution in [1.82, 2.24) is 10.2 Å². The van der Waals surface area contributed by atoms with Crippen molar-refractivity contribution in [1.29, 1.82) is 0 Å². The first-order valence-corrected chi connectivity index (χ1v) is 5.27. The van der Waals surface area contributed by atoms with Gasteiger partial charge in [0.25, 0.3) is 0 Å². The van der Waals surface area contributed by atoms with E-state index in [2.05, 4.69) is 36.4 Å². The minimum Gasteiger partial charge on any atom is -0.496 e. The molecule has 1 heterocycles. The molecule has 1 aliphatic rings. The van der Waals surface area contributed by atoms with Gasteiger partial charge in [-0.25, -0.2) is 0 Å². The molecule has 0 bridgehead atoms. The van der Waals surface area contributed by atoms with Gasteiger partial charge >= 0.3 is 0 Å². The molecule has 0 aliphatic carbocycles. The van der Waals surface area contributed by atoms with Crippen molar-refractivity contribution in [3.8, 4) is 5.75 Å². The van der Waals surface area contributed by atoms with Gasteiger partial charge in [0.1, 0.15) is 5.75 Å². The van der Waals surface area contributed by atoms with Crippen LogP contribution in [0.1, 0.15) is 17.2 Å². The average molecular weight is 206 g/mol. The van der Waals surface area contributed by atoms with Crippen LogP contribution in [0.2, 0.25) is 0 Å². The normalized spacial score (nSPS) is 20.1. The summed E-state index contributed by atoms with van der Waals surface area (Å²) >= 11 is 0. The quantitative estimate of drug-likeness (QED) is 0.791. The van der Waals surface area contributed by atoms with Crippen molar-refractivity contribution in [2.45, 2.75) is 12.6 Å². The monoisotopic (exact) mass is 206 g/mol. The maximum Gasteiger partial charge on any atom is 0.124 e. The van der Waals surface area contributed by atoms with Crippen LogP contribution in [0.3, 0.4) is 0 Å². The second-order valence-electron chi connectivity index (χ2n) is 4.14. The van der Waals surface area contributed by atoms with Crippen LogP contribution in [-0.2, 0) is 6.54 Å². The summed E-state index contributed by atoms with van der Waals surface area (Å²) in [4.78, 5) is 2.23. The molecule has 0 saturated carbocycles. The molecule has 3 nitrogen and oxygen atoms in total. The molecule has 0 radical (unpaired) electrons. The van der Waals surface area contributed by atoms with E-state index in [0.29, 0.717) is 6.04 Å². The summed E-state index contributed by atoms with van der Waals surface area (Å²) in [7, 11) is 5.95. The van der Waals surface area contributed by atoms with E-state index in [1.54, 1.807) is 7.11 Å². The lowest BCUT2D eigenvalue weighted by Crippen LogP contribution is -2.36. The fourth-order valence-corrected chi connectivity index (χ4v) is 2.19. The zero-order valence-electron chi connectivity index (χ0n) is 9.58. The van der Waals surface area contributed by atoms with Crippen molar-refractivity contribution < 1.29 is 4.74 Å². The van der Waals surface area contributed by atoms with Gasteiger partial charge in [0.2, 0.25) is 0 Å². The highest BCUT2D eigenvalue weighted by Crippen LogP contribution is 2.33. The Morgan fingerprint density at radius 1 is 1.40 bits per heavy atom. The van der Waals surface area contributed by atoms with Crippen LogP contribution in [-0.4, -0.2) is 32.6 Å². The van der Waals surface area contributed by atoms with E-state index < -0.39 is 0 Å². The maximum absolute atomic E-state index is 5.44. The molecule has 0 aromatic heterocycles. The smallest absolute Gasteiger partial charge is 0.124 e. The second kappa shape index (κ2) is 4.21. The molecular weight excluding hydrogens is 188 g/mol. The van der Waals surface area contributed by atoms with E-state index in [1.165, 1.54) is 11.1 Å². The first-order valence-electron chi connectivity index (χ1n) is 5.27. The van der Waals surface area contributed by atoms with Crippen molar-refractivity contribution in [2.75, 3.05) is 27.7 Å². The Hall–Kier alpha value is -1.06. The molecule has 0 unspecified atom stereocenters. The molecule has 0 saturated heterocycles. The van der Waals surface area contributed by atoms with Crippen molar-refractivity contribution in [3.63, 3.8) is 0 Å². The number of nitrogens with one attached hydrogen (secondary N) is 1. The summed E-state index contributed by atoms with van der Waals surface area (Å²) in [5.41, 5.74) is 2.68. The fourth-order valence-electron chi connectivity index (χ4n) is 2.19. The molecule has 1 aromatic carbocycles.